The number of aromatic amines is 1. The molecule has 0 aliphatic carbocycles. The number of anilines is 2. The fraction of sp³-hybridized carbons (Fsp3) is 0.269. The van der Waals surface area contributed by atoms with Crippen LogP contribution in [-0.2, 0) is 23.4 Å². The molecule has 0 saturated heterocycles. The third-order valence-corrected chi connectivity index (χ3v) is 8.90. The first kappa shape index (κ1) is 24.3. The van der Waals surface area contributed by atoms with Crippen molar-refractivity contribution in [2.45, 2.75) is 18.2 Å². The third-order valence-electron chi connectivity index (χ3n) is 7.38. The van der Waals surface area contributed by atoms with Crippen LogP contribution in [0, 0.1) is 11.6 Å². The molecule has 196 valence electrons. The standard InChI is InChI=1S/C26H23F2N5O4S/c1-31-5-4-21(38(3,36)37)16-7-15-18-12-32(2)26(35)23-22(18)13(9-29-23)11-33(20(15)8-17(16)25(31)34)24-19(28)6-14(27)10-30-24/h6-10,12,21,29H,4-5,11H2,1-3H3/t21-/m1/s1. The SMILES string of the molecule is CN1CC[C@@H](S(C)(=O)=O)c2cc3c(cc2C1=O)N(c1ncc(F)cc1F)Cc1c[nH]c2c(=O)n(C)cc-3c12. The summed E-state index contributed by atoms with van der Waals surface area (Å²) in [5.74, 6) is -2.28. The van der Waals surface area contributed by atoms with Crippen LogP contribution in [0.1, 0.15) is 33.2 Å². The molecule has 2 aliphatic heterocycles. The highest BCUT2D eigenvalue weighted by molar-refractivity contribution is 7.90. The average Bonchev–Trinajstić information content (AvgIpc) is 3.16. The van der Waals surface area contributed by atoms with Crippen molar-refractivity contribution in [3.63, 3.8) is 0 Å². The average molecular weight is 540 g/mol. The molecule has 1 amide bonds. The first-order valence-electron chi connectivity index (χ1n) is 11.9. The number of H-pyrrole nitrogens is 1. The number of nitrogens with zero attached hydrogens (tertiary/aromatic N) is 4. The molecule has 5 heterocycles. The quantitative estimate of drug-likeness (QED) is 0.418. The van der Waals surface area contributed by atoms with E-state index in [2.05, 4.69) is 9.97 Å². The van der Waals surface area contributed by atoms with Gasteiger partial charge in [-0.25, -0.2) is 22.2 Å². The number of amides is 1. The van der Waals surface area contributed by atoms with Crippen LogP contribution in [0.15, 0.2) is 41.6 Å². The van der Waals surface area contributed by atoms with Crippen LogP contribution in [-0.4, -0.2) is 53.6 Å². The number of halogens is 2. The Morgan fingerprint density at radius 2 is 1.84 bits per heavy atom. The largest absolute Gasteiger partial charge is 0.356 e. The number of hydrogen-bond acceptors (Lipinski definition) is 6. The van der Waals surface area contributed by atoms with Gasteiger partial charge >= 0.3 is 0 Å². The van der Waals surface area contributed by atoms with Gasteiger partial charge in [-0.3, -0.25) is 9.59 Å². The van der Waals surface area contributed by atoms with Crippen LogP contribution in [0.4, 0.5) is 20.3 Å². The lowest BCUT2D eigenvalue weighted by molar-refractivity contribution is 0.0800. The van der Waals surface area contributed by atoms with Crippen molar-refractivity contribution in [3.8, 4) is 11.1 Å². The van der Waals surface area contributed by atoms with Crippen molar-refractivity contribution in [3.05, 3.63) is 75.5 Å². The molecule has 9 nitrogen and oxygen atoms in total. The number of fused-ring (bicyclic) bond motifs is 3. The summed E-state index contributed by atoms with van der Waals surface area (Å²) in [6.07, 6.45) is 5.55. The molecule has 0 radical (unpaired) electrons. The summed E-state index contributed by atoms with van der Waals surface area (Å²) in [7, 11) is -0.405. The van der Waals surface area contributed by atoms with E-state index < -0.39 is 26.7 Å². The van der Waals surface area contributed by atoms with Gasteiger partial charge in [-0.2, -0.15) is 0 Å². The van der Waals surface area contributed by atoms with Crippen molar-refractivity contribution in [1.29, 1.82) is 0 Å². The second kappa shape index (κ2) is 8.22. The number of nitrogens with one attached hydrogen (secondary N) is 1. The van der Waals surface area contributed by atoms with Crippen molar-refractivity contribution in [2.24, 2.45) is 7.05 Å². The lowest BCUT2D eigenvalue weighted by Gasteiger charge is -2.27. The second-order valence-electron chi connectivity index (χ2n) is 9.86. The van der Waals surface area contributed by atoms with Gasteiger partial charge in [0.25, 0.3) is 11.5 Å². The Balaban J connectivity index is 1.75. The maximum Gasteiger partial charge on any atom is 0.274 e. The molecule has 0 saturated carbocycles. The highest BCUT2D eigenvalue weighted by atomic mass is 32.2. The lowest BCUT2D eigenvalue weighted by atomic mass is 9.93. The topological polar surface area (TPSA) is 108 Å². The number of aromatic nitrogens is 3. The van der Waals surface area contributed by atoms with Gasteiger partial charge in [0, 0.05) is 67.4 Å². The zero-order valence-corrected chi connectivity index (χ0v) is 21.6. The van der Waals surface area contributed by atoms with E-state index in [9.17, 15) is 22.4 Å². The number of carbonyl (C=O) groups excluding carboxylic acids is 1. The predicted molar refractivity (Wildman–Crippen MR) is 138 cm³/mol. The van der Waals surface area contributed by atoms with Gasteiger partial charge in [0.1, 0.15) is 11.3 Å². The molecule has 1 N–H and O–H groups in total. The van der Waals surface area contributed by atoms with Crippen LogP contribution in [0.2, 0.25) is 0 Å². The minimum atomic E-state index is -3.61. The zero-order chi connectivity index (χ0) is 27.1. The van der Waals surface area contributed by atoms with Crippen LogP contribution in [0.25, 0.3) is 22.0 Å². The highest BCUT2D eigenvalue weighted by Crippen LogP contribution is 2.47. The van der Waals surface area contributed by atoms with Gasteiger partial charge in [0.2, 0.25) is 0 Å². The van der Waals surface area contributed by atoms with E-state index in [0.717, 1.165) is 18.5 Å². The summed E-state index contributed by atoms with van der Waals surface area (Å²) in [5.41, 5.74) is 2.75. The summed E-state index contributed by atoms with van der Waals surface area (Å²) in [4.78, 5) is 36.3. The molecule has 0 bridgehead atoms. The normalized spacial score (nSPS) is 17.3. The van der Waals surface area contributed by atoms with Crippen LogP contribution in [0.3, 0.4) is 0 Å². The summed E-state index contributed by atoms with van der Waals surface area (Å²) in [5, 5.41) is -0.338. The number of rotatable bonds is 2. The van der Waals surface area contributed by atoms with Crippen molar-refractivity contribution in [2.75, 3.05) is 24.7 Å². The van der Waals surface area contributed by atoms with E-state index in [-0.39, 0.29) is 42.4 Å². The smallest absolute Gasteiger partial charge is 0.274 e. The monoisotopic (exact) mass is 539 g/mol. The molecule has 6 rings (SSSR count). The van der Waals surface area contributed by atoms with E-state index >= 15 is 4.39 Å². The maximum atomic E-state index is 15.1. The van der Waals surface area contributed by atoms with E-state index in [4.69, 9.17) is 0 Å². The Labute approximate surface area is 216 Å². The van der Waals surface area contributed by atoms with E-state index in [1.165, 1.54) is 14.4 Å². The molecule has 38 heavy (non-hydrogen) atoms. The number of sulfone groups is 1. The minimum absolute atomic E-state index is 0.0566. The van der Waals surface area contributed by atoms with Gasteiger partial charge in [-0.1, -0.05) is 0 Å². The highest BCUT2D eigenvalue weighted by Gasteiger charge is 2.36. The summed E-state index contributed by atoms with van der Waals surface area (Å²) < 4.78 is 56.1. The van der Waals surface area contributed by atoms with Gasteiger partial charge in [-0.15, -0.1) is 0 Å². The van der Waals surface area contributed by atoms with E-state index in [0.29, 0.717) is 38.8 Å². The van der Waals surface area contributed by atoms with E-state index in [1.807, 2.05) is 0 Å². The number of carbonyl (C=O) groups is 1. The van der Waals surface area contributed by atoms with E-state index in [1.54, 1.807) is 38.6 Å². The summed E-state index contributed by atoms with van der Waals surface area (Å²) in [6, 6.07) is 3.94. The Kier molecular flexibility index (Phi) is 5.25. The Hall–Kier alpha value is -4.06. The summed E-state index contributed by atoms with van der Waals surface area (Å²) in [6.45, 7) is 0.293. The second-order valence-corrected chi connectivity index (χ2v) is 12.1. The number of aryl methyl sites for hydroxylation is 1. The molecule has 3 aromatic heterocycles. The van der Waals surface area contributed by atoms with Crippen molar-refractivity contribution < 1.29 is 22.0 Å². The maximum absolute atomic E-state index is 15.1. The molecule has 12 heteroatoms. The van der Waals surface area contributed by atoms with Gasteiger partial charge in [-0.05, 0) is 29.7 Å². The zero-order valence-electron chi connectivity index (χ0n) is 20.7. The lowest BCUT2D eigenvalue weighted by Crippen LogP contribution is -2.27. The Morgan fingerprint density at radius 1 is 1.08 bits per heavy atom. The van der Waals surface area contributed by atoms with Gasteiger partial charge in [0.05, 0.1) is 23.7 Å². The fourth-order valence-corrected chi connectivity index (χ4v) is 6.72. The van der Waals surface area contributed by atoms with Crippen molar-refractivity contribution >= 4 is 38.2 Å². The molecule has 2 aliphatic rings. The first-order chi connectivity index (χ1) is 18.0. The fourth-order valence-electron chi connectivity index (χ4n) is 5.53. The van der Waals surface area contributed by atoms with Crippen molar-refractivity contribution in [1.82, 2.24) is 19.4 Å². The number of benzene rings is 1. The van der Waals surface area contributed by atoms with Gasteiger partial charge in [0.15, 0.2) is 21.5 Å². The molecular formula is C26H23F2N5O4S. The predicted octanol–water partition coefficient (Wildman–Crippen LogP) is 3.42. The third kappa shape index (κ3) is 3.54. The first-order valence-corrected chi connectivity index (χ1v) is 13.8. The number of hydrogen-bond donors (Lipinski definition) is 1. The summed E-state index contributed by atoms with van der Waals surface area (Å²) >= 11 is 0. The molecule has 1 atom stereocenters. The molecular weight excluding hydrogens is 516 g/mol. The molecule has 4 aromatic rings. The molecule has 0 unspecified atom stereocenters. The van der Waals surface area contributed by atoms with Crippen LogP contribution >= 0.6 is 0 Å². The number of pyridine rings is 2. The molecule has 1 aromatic carbocycles. The molecule has 0 spiro atoms. The van der Waals surface area contributed by atoms with Crippen LogP contribution < -0.4 is 10.5 Å². The van der Waals surface area contributed by atoms with Crippen LogP contribution in [0.5, 0.6) is 0 Å². The Morgan fingerprint density at radius 3 is 2.55 bits per heavy atom. The Bertz CT molecular complexity index is 1850. The minimum Gasteiger partial charge on any atom is -0.356 e. The molecule has 0 fully saturated rings. The van der Waals surface area contributed by atoms with Gasteiger partial charge < -0.3 is 19.4 Å².